The Morgan fingerprint density at radius 3 is 2.23 bits per heavy atom. The summed E-state index contributed by atoms with van der Waals surface area (Å²) in [5.41, 5.74) is 3.41. The number of amides is 1. The maximum Gasteiger partial charge on any atom is 0.340 e. The number of halogens is 3. The highest BCUT2D eigenvalue weighted by molar-refractivity contribution is 6.35. The number of carbonyl (C=O) groups is 2. The number of nitrogens with zero attached hydrogens (tertiary/aromatic N) is 3. The number of carboxylic acid groups (broad SMARTS) is 1. The normalized spacial score (nSPS) is 14.0. The van der Waals surface area contributed by atoms with Crippen molar-refractivity contribution >= 4 is 46.7 Å². The molecule has 1 amide bonds. The fraction of sp³-hybridized carbons (Fsp3) is 0.190. The second-order valence-corrected chi connectivity index (χ2v) is 8.31. The average molecular weight is 480 g/mol. The van der Waals surface area contributed by atoms with Gasteiger partial charge in [0.25, 0.3) is 5.91 Å². The third-order valence-corrected chi connectivity index (χ3v) is 5.73. The SMILES string of the molecule is O=C(NN1CCCC1)c1nn(-c2ccc(Cl)cc2Cl)c(-c2ccc(Cl)cc2)c1C(=O)O. The lowest BCUT2D eigenvalue weighted by molar-refractivity contribution is 0.0685. The van der Waals surface area contributed by atoms with Crippen LogP contribution in [-0.2, 0) is 0 Å². The smallest absolute Gasteiger partial charge is 0.340 e. The molecule has 2 aromatic carbocycles. The van der Waals surface area contributed by atoms with Crippen LogP contribution in [0, 0.1) is 0 Å². The van der Waals surface area contributed by atoms with Crippen molar-refractivity contribution < 1.29 is 14.7 Å². The van der Waals surface area contributed by atoms with Crippen LogP contribution in [0.4, 0.5) is 0 Å². The van der Waals surface area contributed by atoms with Crippen molar-refractivity contribution in [2.24, 2.45) is 0 Å². The van der Waals surface area contributed by atoms with Gasteiger partial charge >= 0.3 is 5.97 Å². The van der Waals surface area contributed by atoms with E-state index in [1.54, 1.807) is 41.4 Å². The molecule has 0 unspecified atom stereocenters. The van der Waals surface area contributed by atoms with Gasteiger partial charge in [-0.2, -0.15) is 5.10 Å². The summed E-state index contributed by atoms with van der Waals surface area (Å²) in [5.74, 6) is -1.88. The summed E-state index contributed by atoms with van der Waals surface area (Å²) in [7, 11) is 0. The maximum absolute atomic E-state index is 13.0. The van der Waals surface area contributed by atoms with Gasteiger partial charge in [0.2, 0.25) is 0 Å². The minimum absolute atomic E-state index is 0.208. The summed E-state index contributed by atoms with van der Waals surface area (Å²) in [6, 6.07) is 11.3. The topological polar surface area (TPSA) is 87.5 Å². The first-order valence-electron chi connectivity index (χ1n) is 9.49. The number of carboxylic acids is 1. The van der Waals surface area contributed by atoms with Gasteiger partial charge in [-0.05, 0) is 43.2 Å². The molecule has 1 aromatic heterocycles. The highest BCUT2D eigenvalue weighted by Gasteiger charge is 2.31. The van der Waals surface area contributed by atoms with Crippen LogP contribution in [0.3, 0.4) is 0 Å². The summed E-state index contributed by atoms with van der Waals surface area (Å²) in [5, 5.41) is 17.3. The molecule has 0 saturated carbocycles. The first kappa shape index (κ1) is 21.6. The number of benzene rings is 2. The van der Waals surface area contributed by atoms with Crippen LogP contribution in [-0.4, -0.2) is 44.9 Å². The minimum atomic E-state index is -1.28. The van der Waals surface area contributed by atoms with E-state index >= 15 is 0 Å². The van der Waals surface area contributed by atoms with Crippen LogP contribution in [0.25, 0.3) is 16.9 Å². The molecule has 31 heavy (non-hydrogen) atoms. The van der Waals surface area contributed by atoms with Gasteiger partial charge in [-0.25, -0.2) is 14.5 Å². The fourth-order valence-corrected chi connectivity index (χ4v) is 4.12. The van der Waals surface area contributed by atoms with Crippen LogP contribution >= 0.6 is 34.8 Å². The molecule has 1 aliphatic rings. The Kier molecular flexibility index (Phi) is 6.20. The Labute approximate surface area is 193 Å². The van der Waals surface area contributed by atoms with Gasteiger partial charge < -0.3 is 5.11 Å². The van der Waals surface area contributed by atoms with Crippen LogP contribution in [0.5, 0.6) is 0 Å². The molecule has 1 saturated heterocycles. The highest BCUT2D eigenvalue weighted by Crippen LogP contribution is 2.33. The van der Waals surface area contributed by atoms with Gasteiger partial charge in [-0.3, -0.25) is 10.2 Å². The molecule has 2 heterocycles. The first-order chi connectivity index (χ1) is 14.8. The molecular formula is C21H17Cl3N4O3. The zero-order valence-corrected chi connectivity index (χ0v) is 18.4. The molecule has 0 bridgehead atoms. The summed E-state index contributed by atoms with van der Waals surface area (Å²) in [4.78, 5) is 25.3. The average Bonchev–Trinajstić information content (AvgIpc) is 3.36. The Morgan fingerprint density at radius 2 is 1.61 bits per heavy atom. The van der Waals surface area contributed by atoms with Crippen LogP contribution in [0.15, 0.2) is 42.5 Å². The predicted molar refractivity (Wildman–Crippen MR) is 119 cm³/mol. The van der Waals surface area contributed by atoms with E-state index in [1.807, 2.05) is 0 Å². The van der Waals surface area contributed by atoms with E-state index < -0.39 is 11.9 Å². The Hall–Kier alpha value is -2.58. The third kappa shape index (κ3) is 4.41. The molecule has 7 nitrogen and oxygen atoms in total. The van der Waals surface area contributed by atoms with Crippen molar-refractivity contribution in [3.63, 3.8) is 0 Å². The lowest BCUT2D eigenvalue weighted by atomic mass is 10.0. The molecule has 160 valence electrons. The van der Waals surface area contributed by atoms with Gasteiger partial charge in [-0.1, -0.05) is 46.9 Å². The van der Waals surface area contributed by atoms with Gasteiger partial charge in [-0.15, -0.1) is 0 Å². The number of carbonyl (C=O) groups excluding carboxylic acids is 1. The summed E-state index contributed by atoms with van der Waals surface area (Å²) >= 11 is 18.4. The van der Waals surface area contributed by atoms with Gasteiger partial charge in [0, 0.05) is 28.7 Å². The van der Waals surface area contributed by atoms with Crippen LogP contribution in [0.2, 0.25) is 15.1 Å². The lowest BCUT2D eigenvalue weighted by Gasteiger charge is -2.15. The largest absolute Gasteiger partial charge is 0.478 e. The molecule has 0 atom stereocenters. The Bertz CT molecular complexity index is 1160. The molecule has 2 N–H and O–H groups in total. The number of nitrogens with one attached hydrogen (secondary N) is 1. The molecule has 10 heteroatoms. The molecule has 1 fully saturated rings. The molecule has 0 radical (unpaired) electrons. The second-order valence-electron chi connectivity index (χ2n) is 7.03. The molecule has 0 aliphatic carbocycles. The molecule has 3 aromatic rings. The summed E-state index contributed by atoms with van der Waals surface area (Å²) in [6.45, 7) is 1.39. The lowest BCUT2D eigenvalue weighted by Crippen LogP contribution is -2.40. The van der Waals surface area contributed by atoms with Crippen LogP contribution < -0.4 is 5.43 Å². The van der Waals surface area contributed by atoms with Crippen molar-refractivity contribution in [2.45, 2.75) is 12.8 Å². The molecule has 1 aliphatic heterocycles. The number of hydrogen-bond donors (Lipinski definition) is 2. The number of hydrogen-bond acceptors (Lipinski definition) is 4. The van der Waals surface area contributed by atoms with E-state index in [2.05, 4.69) is 10.5 Å². The van der Waals surface area contributed by atoms with Crippen LogP contribution in [0.1, 0.15) is 33.7 Å². The van der Waals surface area contributed by atoms with Crippen molar-refractivity contribution in [3.05, 3.63) is 68.8 Å². The van der Waals surface area contributed by atoms with E-state index in [1.165, 1.54) is 10.7 Å². The minimum Gasteiger partial charge on any atom is -0.478 e. The first-order valence-corrected chi connectivity index (χ1v) is 10.6. The standard InChI is InChI=1S/C21H17Cl3N4O3/c22-13-5-3-12(4-6-13)19-17(21(30)31)18(20(29)26-27-9-1-2-10-27)25-28(19)16-8-7-14(23)11-15(16)24/h3-8,11H,1-2,9-10H2,(H,26,29)(H,30,31). The maximum atomic E-state index is 13.0. The van der Waals surface area contributed by atoms with Gasteiger partial charge in [0.15, 0.2) is 5.69 Å². The summed E-state index contributed by atoms with van der Waals surface area (Å²) in [6.07, 6.45) is 1.91. The molecular weight excluding hydrogens is 463 g/mol. The fourth-order valence-electron chi connectivity index (χ4n) is 3.51. The highest BCUT2D eigenvalue weighted by atomic mass is 35.5. The number of aromatic carboxylic acids is 1. The van der Waals surface area contributed by atoms with E-state index in [-0.39, 0.29) is 22.0 Å². The Morgan fingerprint density at radius 1 is 0.968 bits per heavy atom. The van der Waals surface area contributed by atoms with E-state index in [9.17, 15) is 14.7 Å². The van der Waals surface area contributed by atoms with E-state index in [0.717, 1.165) is 12.8 Å². The van der Waals surface area contributed by atoms with E-state index in [4.69, 9.17) is 34.8 Å². The Balaban J connectivity index is 1.92. The monoisotopic (exact) mass is 478 g/mol. The van der Waals surface area contributed by atoms with Crippen molar-refractivity contribution in [3.8, 4) is 16.9 Å². The number of hydrazine groups is 1. The van der Waals surface area contributed by atoms with Gasteiger partial charge in [0.05, 0.1) is 16.4 Å². The second kappa shape index (κ2) is 8.88. The number of rotatable bonds is 5. The zero-order chi connectivity index (χ0) is 22.1. The number of aromatic nitrogens is 2. The van der Waals surface area contributed by atoms with E-state index in [0.29, 0.717) is 34.4 Å². The predicted octanol–water partition coefficient (Wildman–Crippen LogP) is 4.94. The third-order valence-electron chi connectivity index (χ3n) is 4.94. The van der Waals surface area contributed by atoms with Crippen molar-refractivity contribution in [2.75, 3.05) is 13.1 Å². The quantitative estimate of drug-likeness (QED) is 0.541. The van der Waals surface area contributed by atoms with Gasteiger partial charge in [0.1, 0.15) is 5.56 Å². The molecule has 0 spiro atoms. The zero-order valence-electron chi connectivity index (χ0n) is 16.1. The van der Waals surface area contributed by atoms with Crippen molar-refractivity contribution in [1.82, 2.24) is 20.2 Å². The summed E-state index contributed by atoms with van der Waals surface area (Å²) < 4.78 is 1.35. The van der Waals surface area contributed by atoms with Crippen molar-refractivity contribution in [1.29, 1.82) is 0 Å². The molecule has 4 rings (SSSR count).